The van der Waals surface area contributed by atoms with Crippen LogP contribution in [0.2, 0.25) is 0 Å². The van der Waals surface area contributed by atoms with Gasteiger partial charge in [-0.05, 0) is 6.42 Å². The normalized spacial score (nSPS) is 12.4. The summed E-state index contributed by atoms with van der Waals surface area (Å²) in [6, 6.07) is -0.393. The zero-order valence-corrected chi connectivity index (χ0v) is 11.4. The maximum atomic E-state index is 11.9. The number of hydrogen-bond acceptors (Lipinski definition) is 4. The van der Waals surface area contributed by atoms with Gasteiger partial charge in [0.15, 0.2) is 0 Å². The Balaban J connectivity index is 2.67. The lowest BCUT2D eigenvalue weighted by Gasteiger charge is -2.14. The summed E-state index contributed by atoms with van der Waals surface area (Å²) >= 11 is 0. The first-order valence-electron chi connectivity index (χ1n) is 6.39. The molecule has 0 spiro atoms. The van der Waals surface area contributed by atoms with E-state index in [0.717, 1.165) is 6.42 Å². The van der Waals surface area contributed by atoms with E-state index < -0.39 is 17.9 Å². The van der Waals surface area contributed by atoms with E-state index in [1.54, 1.807) is 0 Å². The largest absolute Gasteiger partial charge is 0.481 e. The fourth-order valence-corrected chi connectivity index (χ4v) is 1.67. The van der Waals surface area contributed by atoms with Crippen LogP contribution < -0.4 is 5.32 Å². The molecular weight excluding hydrogens is 248 g/mol. The number of nitrogens with one attached hydrogen (secondary N) is 2. The fraction of sp³-hybridized carbons (Fsp3) is 0.667. The van der Waals surface area contributed by atoms with Crippen LogP contribution in [0.4, 0.5) is 0 Å². The standard InChI is InChI=1S/C12H20N4O3/c1-4-5-8(6-9(17)18)13-12(19)11-14-10(7(2)3)15-16-11/h7-8H,4-6H2,1-3H3,(H,13,19)(H,17,18)(H,14,15,16). The number of carboxylic acid groups (broad SMARTS) is 1. The number of amides is 1. The Morgan fingerprint density at radius 2 is 2.11 bits per heavy atom. The van der Waals surface area contributed by atoms with Crippen LogP contribution in [0.15, 0.2) is 0 Å². The minimum atomic E-state index is -0.934. The molecule has 1 atom stereocenters. The smallest absolute Gasteiger partial charge is 0.305 e. The van der Waals surface area contributed by atoms with E-state index in [1.165, 1.54) is 0 Å². The Kier molecular flexibility index (Phi) is 5.47. The second-order valence-corrected chi connectivity index (χ2v) is 4.76. The van der Waals surface area contributed by atoms with Crippen molar-refractivity contribution in [2.45, 2.75) is 52.0 Å². The molecule has 0 aliphatic heterocycles. The number of aromatic nitrogens is 3. The highest BCUT2D eigenvalue weighted by molar-refractivity contribution is 5.90. The van der Waals surface area contributed by atoms with E-state index in [2.05, 4.69) is 20.5 Å². The van der Waals surface area contributed by atoms with Gasteiger partial charge in [-0.15, -0.1) is 5.10 Å². The lowest BCUT2D eigenvalue weighted by Crippen LogP contribution is -2.37. The summed E-state index contributed by atoms with van der Waals surface area (Å²) in [4.78, 5) is 26.7. The van der Waals surface area contributed by atoms with Crippen LogP contribution in [-0.4, -0.2) is 38.2 Å². The third kappa shape index (κ3) is 4.69. The first-order valence-corrected chi connectivity index (χ1v) is 6.39. The van der Waals surface area contributed by atoms with E-state index in [-0.39, 0.29) is 18.2 Å². The molecule has 0 saturated heterocycles. The summed E-state index contributed by atoms with van der Waals surface area (Å²) in [6.45, 7) is 5.81. The SMILES string of the molecule is CCCC(CC(=O)O)NC(=O)c1n[nH]c(C(C)C)n1. The predicted molar refractivity (Wildman–Crippen MR) is 68.9 cm³/mol. The fourth-order valence-electron chi connectivity index (χ4n) is 1.67. The molecule has 106 valence electrons. The lowest BCUT2D eigenvalue weighted by atomic mass is 10.1. The van der Waals surface area contributed by atoms with Gasteiger partial charge < -0.3 is 10.4 Å². The molecule has 1 aromatic rings. The summed E-state index contributed by atoms with van der Waals surface area (Å²) in [5, 5.41) is 18.0. The number of carboxylic acids is 1. The topological polar surface area (TPSA) is 108 Å². The highest BCUT2D eigenvalue weighted by Gasteiger charge is 2.19. The van der Waals surface area contributed by atoms with Gasteiger partial charge in [0.1, 0.15) is 5.82 Å². The first kappa shape index (κ1) is 15.1. The highest BCUT2D eigenvalue weighted by Crippen LogP contribution is 2.08. The van der Waals surface area contributed by atoms with Gasteiger partial charge in [0, 0.05) is 12.0 Å². The average molecular weight is 268 g/mol. The number of H-pyrrole nitrogens is 1. The van der Waals surface area contributed by atoms with Crippen molar-refractivity contribution in [3.05, 3.63) is 11.6 Å². The summed E-state index contributed by atoms with van der Waals surface area (Å²) in [6.07, 6.45) is 1.31. The number of aromatic amines is 1. The van der Waals surface area contributed by atoms with Crippen molar-refractivity contribution in [1.29, 1.82) is 0 Å². The molecule has 3 N–H and O–H groups in total. The molecule has 1 amide bonds. The van der Waals surface area contributed by atoms with E-state index in [4.69, 9.17) is 5.11 Å². The molecule has 1 heterocycles. The van der Waals surface area contributed by atoms with Crippen molar-refractivity contribution < 1.29 is 14.7 Å². The van der Waals surface area contributed by atoms with E-state index >= 15 is 0 Å². The summed E-state index contributed by atoms with van der Waals surface area (Å²) in [7, 11) is 0. The van der Waals surface area contributed by atoms with Gasteiger partial charge in [0.25, 0.3) is 5.91 Å². The summed E-state index contributed by atoms with van der Waals surface area (Å²) in [5.74, 6) is -0.537. The van der Waals surface area contributed by atoms with Crippen LogP contribution in [-0.2, 0) is 4.79 Å². The van der Waals surface area contributed by atoms with Gasteiger partial charge in [-0.25, -0.2) is 4.98 Å². The molecule has 7 heteroatoms. The van der Waals surface area contributed by atoms with Gasteiger partial charge in [-0.3, -0.25) is 14.7 Å². The molecule has 7 nitrogen and oxygen atoms in total. The molecule has 0 aromatic carbocycles. The maximum Gasteiger partial charge on any atom is 0.305 e. The number of nitrogens with zero attached hydrogens (tertiary/aromatic N) is 2. The molecule has 0 saturated carbocycles. The third-order valence-electron chi connectivity index (χ3n) is 2.65. The quantitative estimate of drug-likeness (QED) is 0.690. The molecule has 0 radical (unpaired) electrons. The van der Waals surface area contributed by atoms with Crippen LogP contribution in [0.3, 0.4) is 0 Å². The number of hydrogen-bond donors (Lipinski definition) is 3. The molecule has 1 aromatic heterocycles. The molecular formula is C12H20N4O3. The molecule has 0 bridgehead atoms. The van der Waals surface area contributed by atoms with E-state index in [0.29, 0.717) is 12.2 Å². The number of rotatable bonds is 7. The van der Waals surface area contributed by atoms with Crippen molar-refractivity contribution in [1.82, 2.24) is 20.5 Å². The number of aliphatic carboxylic acids is 1. The molecule has 0 fully saturated rings. The predicted octanol–water partition coefficient (Wildman–Crippen LogP) is 1.30. The Morgan fingerprint density at radius 1 is 1.42 bits per heavy atom. The molecule has 0 aliphatic rings. The number of carbonyl (C=O) groups is 2. The van der Waals surface area contributed by atoms with Crippen LogP contribution in [0.1, 0.15) is 62.4 Å². The first-order chi connectivity index (χ1) is 8.93. The Morgan fingerprint density at radius 3 is 2.58 bits per heavy atom. The monoisotopic (exact) mass is 268 g/mol. The molecule has 19 heavy (non-hydrogen) atoms. The van der Waals surface area contributed by atoms with E-state index in [9.17, 15) is 9.59 Å². The lowest BCUT2D eigenvalue weighted by molar-refractivity contribution is -0.137. The van der Waals surface area contributed by atoms with Gasteiger partial charge in [0.05, 0.1) is 6.42 Å². The van der Waals surface area contributed by atoms with Crippen molar-refractivity contribution in [2.24, 2.45) is 0 Å². The van der Waals surface area contributed by atoms with Gasteiger partial charge >= 0.3 is 5.97 Å². The van der Waals surface area contributed by atoms with Crippen molar-refractivity contribution >= 4 is 11.9 Å². The average Bonchev–Trinajstić information content (AvgIpc) is 2.77. The van der Waals surface area contributed by atoms with E-state index in [1.807, 2.05) is 20.8 Å². The highest BCUT2D eigenvalue weighted by atomic mass is 16.4. The zero-order chi connectivity index (χ0) is 14.4. The second-order valence-electron chi connectivity index (χ2n) is 4.76. The summed E-state index contributed by atoms with van der Waals surface area (Å²) in [5.41, 5.74) is 0. The van der Waals surface area contributed by atoms with Crippen LogP contribution in [0, 0.1) is 0 Å². The molecule has 1 rings (SSSR count). The van der Waals surface area contributed by atoms with Crippen LogP contribution in [0.5, 0.6) is 0 Å². The van der Waals surface area contributed by atoms with Crippen molar-refractivity contribution in [2.75, 3.05) is 0 Å². The minimum Gasteiger partial charge on any atom is -0.481 e. The van der Waals surface area contributed by atoms with Gasteiger partial charge in [-0.1, -0.05) is 27.2 Å². The minimum absolute atomic E-state index is 0.0511. The Labute approximate surface area is 111 Å². The van der Waals surface area contributed by atoms with Gasteiger partial charge in [0.2, 0.25) is 5.82 Å². The van der Waals surface area contributed by atoms with Crippen molar-refractivity contribution in [3.8, 4) is 0 Å². The van der Waals surface area contributed by atoms with Crippen molar-refractivity contribution in [3.63, 3.8) is 0 Å². The second kappa shape index (κ2) is 6.86. The molecule has 0 aliphatic carbocycles. The van der Waals surface area contributed by atoms with Gasteiger partial charge in [-0.2, -0.15) is 0 Å². The number of carbonyl (C=O) groups excluding carboxylic acids is 1. The third-order valence-corrected chi connectivity index (χ3v) is 2.65. The molecule has 1 unspecified atom stereocenters. The Hall–Kier alpha value is -1.92. The zero-order valence-electron chi connectivity index (χ0n) is 11.4. The Bertz CT molecular complexity index is 442. The van der Waals surface area contributed by atoms with Crippen LogP contribution in [0.25, 0.3) is 0 Å². The summed E-state index contributed by atoms with van der Waals surface area (Å²) < 4.78 is 0. The van der Waals surface area contributed by atoms with Crippen LogP contribution >= 0.6 is 0 Å². The maximum absolute atomic E-state index is 11.9.